The summed E-state index contributed by atoms with van der Waals surface area (Å²) in [5.74, 6) is -7.43. The first-order valence-corrected chi connectivity index (χ1v) is 31.6. The van der Waals surface area contributed by atoms with Crippen LogP contribution in [0.3, 0.4) is 0 Å². The maximum Gasteiger partial charge on any atom is 0.311 e. The van der Waals surface area contributed by atoms with Gasteiger partial charge in [0.05, 0.1) is 162 Å². The largest absolute Gasteiger partial charge is 0.491 e. The zero-order chi connectivity index (χ0) is 68.0. The second kappa shape index (κ2) is 44.6. The standard InChI is InChI=1S/C65H100N4O24/c1-44(2)56(62(77)66-45(3)60(75)67-50-13-12-49(43-93-64(80)65(4,5)6)47(41-50)10-11-48-42-52(63(78)79)58(73)59(74)57(48)72)68-61(76)53(69-54(70)16-17-55(69)71)40-46-8-14-51(15-9-46)92-39-38-91-37-36-90-35-34-89-33-32-88-31-30-87-29-28-86-27-26-85-25-24-84-23-22-83-21-20-82-19-18-81-7/h8-9,12-17,41,44-45,48,52-53,56-59,72-74H,10-11,18-40,42-43H2,1-7H3,(H,66,77)(H,67,75)(H,68,76)(H,78,79)/t45-,48+,52-,53-,56-,57-,58+,59+/m0/s1. The van der Waals surface area contributed by atoms with Crippen LogP contribution in [0, 0.1) is 23.2 Å². The molecule has 0 saturated heterocycles. The number of methoxy groups -OCH3 is 1. The molecule has 0 spiro atoms. The third-order valence-electron chi connectivity index (χ3n) is 14.8. The number of aliphatic hydroxyl groups is 3. The monoisotopic (exact) mass is 1320 g/mol. The first-order valence-electron chi connectivity index (χ1n) is 31.6. The Morgan fingerprint density at radius 1 is 0.570 bits per heavy atom. The van der Waals surface area contributed by atoms with Gasteiger partial charge in [-0.15, -0.1) is 0 Å². The smallest absolute Gasteiger partial charge is 0.311 e. The zero-order valence-electron chi connectivity index (χ0n) is 54.9. The van der Waals surface area contributed by atoms with Crippen molar-refractivity contribution in [3.63, 3.8) is 0 Å². The van der Waals surface area contributed by atoms with Gasteiger partial charge < -0.3 is 98.0 Å². The predicted octanol–water partition coefficient (Wildman–Crippen LogP) is 1.82. The van der Waals surface area contributed by atoms with Crippen LogP contribution >= 0.6 is 0 Å². The SMILES string of the molecule is COCCOCCOCCOCCOCCOCCOCCOCCOCCOCCOCCOc1ccc(C[C@@H](C(=O)N[C@H](C(=O)N[C@@H](C)C(=O)Nc2ccc(COC(=O)C(C)(C)C)c(CC[C@@H]3C[C@H](C(=O)O)[C@@H](O)[C@H](O)[C@H]3O)c2)C(C)C)N2C(=O)C=CC2=O)cc1. The molecule has 0 aromatic heterocycles. The summed E-state index contributed by atoms with van der Waals surface area (Å²) < 4.78 is 71.3. The number of carboxylic acids is 1. The molecule has 8 atom stereocenters. The number of aryl methyl sites for hydroxylation is 1. The van der Waals surface area contributed by atoms with Gasteiger partial charge >= 0.3 is 11.9 Å². The van der Waals surface area contributed by atoms with E-state index in [0.717, 1.165) is 17.1 Å². The number of hydrogen-bond acceptors (Lipinski definition) is 23. The molecule has 1 heterocycles. The molecule has 1 saturated carbocycles. The number of esters is 1. The summed E-state index contributed by atoms with van der Waals surface area (Å²) >= 11 is 0. The average Bonchev–Trinajstić information content (AvgIpc) is 1.80. The van der Waals surface area contributed by atoms with Crippen molar-refractivity contribution in [3.8, 4) is 5.75 Å². The Kier molecular flexibility index (Phi) is 38.0. The third-order valence-corrected chi connectivity index (χ3v) is 14.8. The van der Waals surface area contributed by atoms with E-state index >= 15 is 0 Å². The summed E-state index contributed by atoms with van der Waals surface area (Å²) in [6.45, 7) is 19.3. The van der Waals surface area contributed by atoms with Gasteiger partial charge in [0.2, 0.25) is 17.7 Å². The van der Waals surface area contributed by atoms with E-state index in [9.17, 15) is 54.0 Å². The number of ether oxygens (including phenoxy) is 13. The third kappa shape index (κ3) is 30.5. The molecule has 7 N–H and O–H groups in total. The number of anilines is 1. The van der Waals surface area contributed by atoms with E-state index in [-0.39, 0.29) is 51.2 Å². The minimum Gasteiger partial charge on any atom is -0.491 e. The number of aliphatic carboxylic acids is 1. The van der Waals surface area contributed by atoms with Crippen LogP contribution in [-0.2, 0) is 110 Å². The van der Waals surface area contributed by atoms with Crippen molar-refractivity contribution < 1.29 is 116 Å². The van der Waals surface area contributed by atoms with Crippen molar-refractivity contribution in [1.29, 1.82) is 0 Å². The van der Waals surface area contributed by atoms with Crippen molar-refractivity contribution in [2.24, 2.45) is 23.2 Å². The number of rotatable bonds is 50. The number of nitrogens with zero attached hydrogens (tertiary/aromatic N) is 1. The van der Waals surface area contributed by atoms with E-state index in [2.05, 4.69) is 16.0 Å². The van der Waals surface area contributed by atoms with Gasteiger partial charge in [0.1, 0.15) is 43.2 Å². The normalized spacial score (nSPS) is 18.4. The number of nitrogens with one attached hydrogen (secondary N) is 3. The van der Waals surface area contributed by atoms with Crippen LogP contribution in [-0.4, -0.2) is 256 Å². The lowest BCUT2D eigenvalue weighted by atomic mass is 9.73. The Labute approximate surface area is 544 Å². The molecular formula is C65H100N4O24. The molecule has 0 unspecified atom stereocenters. The van der Waals surface area contributed by atoms with Crippen molar-refractivity contribution in [2.75, 3.05) is 158 Å². The summed E-state index contributed by atoms with van der Waals surface area (Å²) in [5, 5.41) is 49.3. The Balaban J connectivity index is 1.11. The topological polar surface area (TPSA) is 360 Å². The Morgan fingerprint density at radius 2 is 1.03 bits per heavy atom. The zero-order valence-corrected chi connectivity index (χ0v) is 54.9. The molecule has 93 heavy (non-hydrogen) atoms. The fourth-order valence-electron chi connectivity index (χ4n) is 9.45. The Bertz CT molecular complexity index is 2550. The number of imide groups is 1. The quantitative estimate of drug-likeness (QED) is 0.0282. The van der Waals surface area contributed by atoms with Crippen molar-refractivity contribution in [2.45, 2.75) is 110 Å². The highest BCUT2D eigenvalue weighted by molar-refractivity contribution is 6.15. The molecule has 1 aliphatic carbocycles. The van der Waals surface area contributed by atoms with Crippen LogP contribution in [0.1, 0.15) is 71.1 Å². The minimum absolute atomic E-state index is 0.108. The highest BCUT2D eigenvalue weighted by Gasteiger charge is 2.45. The van der Waals surface area contributed by atoms with Gasteiger partial charge in [-0.25, -0.2) is 0 Å². The van der Waals surface area contributed by atoms with E-state index in [1.165, 1.54) is 6.92 Å². The van der Waals surface area contributed by atoms with Crippen LogP contribution in [0.25, 0.3) is 0 Å². The molecule has 2 aliphatic rings. The second-order valence-electron chi connectivity index (χ2n) is 23.4. The van der Waals surface area contributed by atoms with E-state index in [0.29, 0.717) is 155 Å². The van der Waals surface area contributed by atoms with Crippen LogP contribution < -0.4 is 20.7 Å². The summed E-state index contributed by atoms with van der Waals surface area (Å²) in [5.41, 5.74) is 1.18. The molecule has 2 aromatic carbocycles. The lowest BCUT2D eigenvalue weighted by Crippen LogP contribution is -2.58. The van der Waals surface area contributed by atoms with Gasteiger partial charge in [0.15, 0.2) is 0 Å². The highest BCUT2D eigenvalue weighted by Crippen LogP contribution is 2.34. The number of aliphatic hydroxyl groups excluding tert-OH is 3. The number of carbonyl (C=O) groups is 7. The fourth-order valence-corrected chi connectivity index (χ4v) is 9.45. The van der Waals surface area contributed by atoms with Gasteiger partial charge in [-0.2, -0.15) is 0 Å². The fraction of sp³-hybridized carbons (Fsp3) is 0.677. The van der Waals surface area contributed by atoms with Crippen molar-refractivity contribution in [3.05, 3.63) is 71.3 Å². The summed E-state index contributed by atoms with van der Waals surface area (Å²) in [6.07, 6.45) is -2.51. The first kappa shape index (κ1) is 79.3. The highest BCUT2D eigenvalue weighted by atomic mass is 16.6. The molecule has 0 bridgehead atoms. The first-order chi connectivity index (χ1) is 44.6. The van der Waals surface area contributed by atoms with Crippen LogP contribution in [0.5, 0.6) is 5.75 Å². The number of benzene rings is 2. The Morgan fingerprint density at radius 3 is 1.47 bits per heavy atom. The van der Waals surface area contributed by atoms with Gasteiger partial charge in [-0.3, -0.25) is 38.5 Å². The number of amides is 5. The Hall–Kier alpha value is -6.09. The lowest BCUT2D eigenvalue weighted by Gasteiger charge is -2.39. The average molecular weight is 1320 g/mol. The molecule has 2 aromatic rings. The van der Waals surface area contributed by atoms with E-state index < -0.39 is 101 Å². The van der Waals surface area contributed by atoms with Crippen molar-refractivity contribution in [1.82, 2.24) is 15.5 Å². The molecular weight excluding hydrogens is 1220 g/mol. The van der Waals surface area contributed by atoms with E-state index in [4.69, 9.17) is 61.6 Å². The number of carboxylic acid groups (broad SMARTS) is 1. The maximum absolute atomic E-state index is 14.2. The molecule has 524 valence electrons. The molecule has 1 fully saturated rings. The predicted molar refractivity (Wildman–Crippen MR) is 335 cm³/mol. The number of carbonyl (C=O) groups excluding carboxylic acids is 6. The summed E-state index contributed by atoms with van der Waals surface area (Å²) in [7, 11) is 1.63. The van der Waals surface area contributed by atoms with E-state index in [1.807, 2.05) is 0 Å². The maximum atomic E-state index is 14.2. The lowest BCUT2D eigenvalue weighted by molar-refractivity contribution is -0.168. The van der Waals surface area contributed by atoms with Crippen molar-refractivity contribution >= 4 is 47.2 Å². The molecule has 5 amide bonds. The molecule has 28 nitrogen and oxygen atoms in total. The minimum atomic E-state index is -1.69. The molecule has 0 radical (unpaired) electrons. The summed E-state index contributed by atoms with van der Waals surface area (Å²) in [4.78, 5) is 93.1. The van der Waals surface area contributed by atoms with Gasteiger partial charge in [0, 0.05) is 31.4 Å². The molecule has 28 heteroatoms. The molecule has 4 rings (SSSR count). The van der Waals surface area contributed by atoms with Gasteiger partial charge in [-0.05, 0) is 99.7 Å². The van der Waals surface area contributed by atoms with Crippen LogP contribution in [0.15, 0.2) is 54.6 Å². The van der Waals surface area contributed by atoms with Crippen LogP contribution in [0.4, 0.5) is 5.69 Å². The van der Waals surface area contributed by atoms with Crippen LogP contribution in [0.2, 0.25) is 0 Å². The number of hydrogen-bond donors (Lipinski definition) is 7. The van der Waals surface area contributed by atoms with Gasteiger partial charge in [0.25, 0.3) is 11.8 Å². The summed E-state index contributed by atoms with van der Waals surface area (Å²) in [6, 6.07) is 7.78. The van der Waals surface area contributed by atoms with E-state index in [1.54, 1.807) is 84.2 Å². The second-order valence-corrected chi connectivity index (χ2v) is 23.4. The molecule has 1 aliphatic heterocycles. The van der Waals surface area contributed by atoms with Gasteiger partial charge in [-0.1, -0.05) is 32.0 Å².